The van der Waals surface area contributed by atoms with Crippen LogP contribution in [0.5, 0.6) is 0 Å². The quantitative estimate of drug-likeness (QED) is 0.654. The van der Waals surface area contributed by atoms with Crippen molar-refractivity contribution >= 4 is 22.9 Å². The molecule has 0 fully saturated rings. The van der Waals surface area contributed by atoms with Crippen LogP contribution in [0.4, 0.5) is 5.95 Å². The number of anilines is 1. The number of benzene rings is 2. The summed E-state index contributed by atoms with van der Waals surface area (Å²) in [7, 11) is 0. The Labute approximate surface area is 160 Å². The van der Waals surface area contributed by atoms with Gasteiger partial charge in [0.25, 0.3) is 0 Å². The highest BCUT2D eigenvalue weighted by Crippen LogP contribution is 2.35. The topological polar surface area (TPSA) is 46.9 Å². The maximum absolute atomic E-state index is 11.7. The van der Waals surface area contributed by atoms with Gasteiger partial charge in [-0.05, 0) is 42.7 Å². The van der Waals surface area contributed by atoms with Gasteiger partial charge in [-0.3, -0.25) is 10.1 Å². The van der Waals surface area contributed by atoms with Crippen molar-refractivity contribution < 1.29 is 4.79 Å². The third-order valence-corrected chi connectivity index (χ3v) is 4.74. The third kappa shape index (κ3) is 4.20. The Morgan fingerprint density at radius 1 is 1.07 bits per heavy atom. The molecule has 0 bridgehead atoms. The van der Waals surface area contributed by atoms with E-state index in [1.807, 2.05) is 48.5 Å². The van der Waals surface area contributed by atoms with Crippen molar-refractivity contribution in [1.82, 2.24) is 9.55 Å². The summed E-state index contributed by atoms with van der Waals surface area (Å²) >= 11 is 0. The number of carbonyl (C=O) groups is 1. The van der Waals surface area contributed by atoms with Crippen LogP contribution in [0.1, 0.15) is 51.8 Å². The van der Waals surface area contributed by atoms with Crippen LogP contribution in [-0.2, 0) is 4.79 Å². The van der Waals surface area contributed by atoms with Gasteiger partial charge in [0.1, 0.15) is 0 Å². The normalized spacial score (nSPS) is 12.3. The Hall–Kier alpha value is -3.06. The summed E-state index contributed by atoms with van der Waals surface area (Å²) in [6.45, 7) is 10.2. The van der Waals surface area contributed by atoms with Crippen LogP contribution < -0.4 is 5.32 Å². The summed E-state index contributed by atoms with van der Waals surface area (Å²) in [5, 5.41) is 2.87. The second-order valence-corrected chi connectivity index (χ2v) is 7.85. The fraction of sp³-hybridized carbons (Fsp3) is 0.304. The van der Waals surface area contributed by atoms with Gasteiger partial charge in [-0.25, -0.2) is 4.98 Å². The van der Waals surface area contributed by atoms with E-state index in [0.717, 1.165) is 22.2 Å². The number of fused-ring (bicyclic) bond motifs is 1. The molecule has 0 radical (unpaired) electrons. The van der Waals surface area contributed by atoms with Crippen molar-refractivity contribution in [3.05, 3.63) is 59.7 Å². The number of imidazole rings is 1. The second kappa shape index (κ2) is 7.28. The Morgan fingerprint density at radius 2 is 1.74 bits per heavy atom. The van der Waals surface area contributed by atoms with Crippen molar-refractivity contribution in [2.45, 2.75) is 40.7 Å². The molecule has 1 amide bonds. The molecule has 0 saturated heterocycles. The monoisotopic (exact) mass is 359 g/mol. The van der Waals surface area contributed by atoms with Crippen molar-refractivity contribution in [3.8, 4) is 11.8 Å². The van der Waals surface area contributed by atoms with Gasteiger partial charge in [0, 0.05) is 24.1 Å². The molecule has 1 atom stereocenters. The first-order valence-electron chi connectivity index (χ1n) is 9.12. The largest absolute Gasteiger partial charge is 0.307 e. The molecule has 1 N–H and O–H groups in total. The van der Waals surface area contributed by atoms with E-state index >= 15 is 0 Å². The molecule has 1 heterocycles. The Morgan fingerprint density at radius 3 is 2.37 bits per heavy atom. The van der Waals surface area contributed by atoms with Crippen LogP contribution in [0.25, 0.3) is 11.0 Å². The molecule has 0 aliphatic carbocycles. The van der Waals surface area contributed by atoms with Crippen LogP contribution in [0.2, 0.25) is 0 Å². The molecular formula is C23H25N3O. The molecule has 4 nitrogen and oxygen atoms in total. The fourth-order valence-corrected chi connectivity index (χ4v) is 2.86. The Kier molecular flexibility index (Phi) is 5.05. The summed E-state index contributed by atoms with van der Waals surface area (Å²) < 4.78 is 2.10. The molecular weight excluding hydrogens is 334 g/mol. The standard InChI is InChI=1S/C23H25N3O/c1-16(23(3,4)5)26-21-15-19(12-11-18-9-7-6-8-10-18)13-14-20(21)25-22(26)24-17(2)27/h6-10,13-16H,1-5H3,(H,24,25,27). The van der Waals surface area contributed by atoms with Gasteiger partial charge in [-0.2, -0.15) is 0 Å². The molecule has 138 valence electrons. The van der Waals surface area contributed by atoms with Crippen LogP contribution in [0.3, 0.4) is 0 Å². The number of nitrogens with one attached hydrogen (secondary N) is 1. The zero-order valence-corrected chi connectivity index (χ0v) is 16.5. The van der Waals surface area contributed by atoms with Gasteiger partial charge in [0.2, 0.25) is 11.9 Å². The van der Waals surface area contributed by atoms with E-state index in [1.165, 1.54) is 6.92 Å². The van der Waals surface area contributed by atoms with E-state index in [4.69, 9.17) is 0 Å². The van der Waals surface area contributed by atoms with E-state index in [9.17, 15) is 4.79 Å². The van der Waals surface area contributed by atoms with E-state index < -0.39 is 0 Å². The SMILES string of the molecule is CC(=O)Nc1nc2ccc(C#Cc3ccccc3)cc2n1C(C)C(C)(C)C. The van der Waals surface area contributed by atoms with E-state index in [-0.39, 0.29) is 17.4 Å². The average Bonchev–Trinajstić information content (AvgIpc) is 2.95. The zero-order valence-electron chi connectivity index (χ0n) is 16.5. The van der Waals surface area contributed by atoms with E-state index in [2.05, 4.69) is 54.4 Å². The van der Waals surface area contributed by atoms with Crippen LogP contribution in [0, 0.1) is 17.3 Å². The Balaban J connectivity index is 2.11. The number of rotatable bonds is 2. The van der Waals surface area contributed by atoms with Gasteiger partial charge in [-0.1, -0.05) is 50.8 Å². The number of aromatic nitrogens is 2. The minimum Gasteiger partial charge on any atom is -0.307 e. The van der Waals surface area contributed by atoms with Crippen LogP contribution >= 0.6 is 0 Å². The summed E-state index contributed by atoms with van der Waals surface area (Å²) in [6, 6.07) is 16.0. The minimum atomic E-state index is -0.128. The van der Waals surface area contributed by atoms with Gasteiger partial charge in [0.15, 0.2) is 0 Å². The number of hydrogen-bond donors (Lipinski definition) is 1. The minimum absolute atomic E-state index is 0.00652. The summed E-state index contributed by atoms with van der Waals surface area (Å²) in [5.74, 6) is 6.87. The van der Waals surface area contributed by atoms with Crippen molar-refractivity contribution in [1.29, 1.82) is 0 Å². The fourth-order valence-electron chi connectivity index (χ4n) is 2.86. The average molecular weight is 359 g/mol. The number of nitrogens with zero attached hydrogens (tertiary/aromatic N) is 2. The molecule has 3 aromatic rings. The van der Waals surface area contributed by atoms with Crippen molar-refractivity contribution in [2.24, 2.45) is 5.41 Å². The number of amides is 1. The molecule has 0 spiro atoms. The van der Waals surface area contributed by atoms with Crippen LogP contribution in [0.15, 0.2) is 48.5 Å². The van der Waals surface area contributed by atoms with Gasteiger partial charge in [-0.15, -0.1) is 0 Å². The molecule has 3 rings (SSSR count). The maximum Gasteiger partial charge on any atom is 0.223 e. The van der Waals surface area contributed by atoms with Crippen LogP contribution in [-0.4, -0.2) is 15.5 Å². The van der Waals surface area contributed by atoms with Gasteiger partial charge < -0.3 is 4.57 Å². The highest BCUT2D eigenvalue weighted by atomic mass is 16.1. The lowest BCUT2D eigenvalue weighted by Gasteiger charge is -2.30. The summed E-state index contributed by atoms with van der Waals surface area (Å²) in [5.41, 5.74) is 3.73. The zero-order chi connectivity index (χ0) is 19.6. The molecule has 2 aromatic carbocycles. The molecule has 0 aliphatic heterocycles. The lowest BCUT2D eigenvalue weighted by molar-refractivity contribution is -0.114. The number of carbonyl (C=O) groups excluding carboxylic acids is 1. The molecule has 0 saturated carbocycles. The summed E-state index contributed by atoms with van der Waals surface area (Å²) in [4.78, 5) is 16.3. The smallest absolute Gasteiger partial charge is 0.223 e. The first-order chi connectivity index (χ1) is 12.8. The molecule has 4 heteroatoms. The first kappa shape index (κ1) is 18.7. The maximum atomic E-state index is 11.7. The summed E-state index contributed by atoms with van der Waals surface area (Å²) in [6.07, 6.45) is 0. The highest BCUT2D eigenvalue weighted by Gasteiger charge is 2.26. The lowest BCUT2D eigenvalue weighted by atomic mass is 9.87. The van der Waals surface area contributed by atoms with Gasteiger partial charge >= 0.3 is 0 Å². The predicted octanol–water partition coefficient (Wildman–Crippen LogP) is 5.00. The third-order valence-electron chi connectivity index (χ3n) is 4.74. The Bertz CT molecular complexity index is 1030. The molecule has 0 aliphatic rings. The van der Waals surface area contributed by atoms with E-state index in [0.29, 0.717) is 5.95 Å². The molecule has 1 unspecified atom stereocenters. The number of hydrogen-bond acceptors (Lipinski definition) is 2. The second-order valence-electron chi connectivity index (χ2n) is 7.85. The lowest BCUT2D eigenvalue weighted by Crippen LogP contribution is -2.24. The molecule has 1 aromatic heterocycles. The predicted molar refractivity (Wildman–Crippen MR) is 111 cm³/mol. The van der Waals surface area contributed by atoms with Crippen molar-refractivity contribution in [3.63, 3.8) is 0 Å². The van der Waals surface area contributed by atoms with Gasteiger partial charge in [0.05, 0.1) is 11.0 Å². The van der Waals surface area contributed by atoms with Crippen molar-refractivity contribution in [2.75, 3.05) is 5.32 Å². The highest BCUT2D eigenvalue weighted by molar-refractivity contribution is 5.90. The molecule has 27 heavy (non-hydrogen) atoms. The first-order valence-corrected chi connectivity index (χ1v) is 9.12. The van der Waals surface area contributed by atoms with E-state index in [1.54, 1.807) is 0 Å².